The highest BCUT2D eigenvalue weighted by atomic mass is 16.3. The number of aliphatic hydroxyl groups excluding tert-OH is 2. The first kappa shape index (κ1) is 15.4. The molecule has 0 aliphatic heterocycles. The van der Waals surface area contributed by atoms with Crippen molar-refractivity contribution in [1.82, 2.24) is 15.0 Å². The van der Waals surface area contributed by atoms with Gasteiger partial charge in [-0.2, -0.15) is 0 Å². The third-order valence-corrected chi connectivity index (χ3v) is 4.22. The zero-order valence-corrected chi connectivity index (χ0v) is 12.0. The molecule has 2 rings (SSSR count). The van der Waals surface area contributed by atoms with Gasteiger partial charge in [-0.05, 0) is 18.8 Å². The highest BCUT2D eigenvalue weighted by molar-refractivity contribution is 5.10. The van der Waals surface area contributed by atoms with Gasteiger partial charge in [0, 0.05) is 6.54 Å². The molecule has 0 radical (unpaired) electrons. The molecule has 1 aromatic heterocycles. The fourth-order valence-electron chi connectivity index (χ4n) is 3.02. The Labute approximate surface area is 120 Å². The normalized spacial score (nSPS) is 18.4. The molecule has 0 amide bonds. The Morgan fingerprint density at radius 2 is 2.05 bits per heavy atom. The summed E-state index contributed by atoms with van der Waals surface area (Å²) in [7, 11) is 0. The maximum atomic E-state index is 9.56. The SMILES string of the molecule is NCc1nnn(CC(O)CO)c1CCC1CCCCC1. The second-order valence-electron chi connectivity index (χ2n) is 5.75. The van der Waals surface area contributed by atoms with Crippen molar-refractivity contribution in [1.29, 1.82) is 0 Å². The smallest absolute Gasteiger partial charge is 0.0994 e. The van der Waals surface area contributed by atoms with Crippen molar-refractivity contribution in [3.8, 4) is 0 Å². The molecule has 6 heteroatoms. The van der Waals surface area contributed by atoms with E-state index < -0.39 is 6.10 Å². The molecular formula is C14H26N4O2. The summed E-state index contributed by atoms with van der Waals surface area (Å²) in [5.74, 6) is 0.792. The van der Waals surface area contributed by atoms with Crippen LogP contribution in [0.5, 0.6) is 0 Å². The fraction of sp³-hybridized carbons (Fsp3) is 0.857. The molecule has 6 nitrogen and oxygen atoms in total. The summed E-state index contributed by atoms with van der Waals surface area (Å²) in [5, 5.41) is 26.6. The molecule has 1 aromatic rings. The Kier molecular flexibility index (Phi) is 5.94. The lowest BCUT2D eigenvalue weighted by Gasteiger charge is -2.21. The molecule has 0 saturated heterocycles. The van der Waals surface area contributed by atoms with E-state index in [0.717, 1.165) is 30.1 Å². The molecule has 1 atom stereocenters. The molecule has 0 spiro atoms. The van der Waals surface area contributed by atoms with Crippen molar-refractivity contribution >= 4 is 0 Å². The summed E-state index contributed by atoms with van der Waals surface area (Å²) in [5.41, 5.74) is 7.54. The van der Waals surface area contributed by atoms with Crippen LogP contribution in [0.25, 0.3) is 0 Å². The van der Waals surface area contributed by atoms with Crippen LogP contribution in [-0.2, 0) is 19.5 Å². The lowest BCUT2D eigenvalue weighted by molar-refractivity contribution is 0.0769. The van der Waals surface area contributed by atoms with Gasteiger partial charge >= 0.3 is 0 Å². The van der Waals surface area contributed by atoms with E-state index in [4.69, 9.17) is 10.8 Å². The van der Waals surface area contributed by atoms with Crippen molar-refractivity contribution in [3.63, 3.8) is 0 Å². The van der Waals surface area contributed by atoms with Crippen LogP contribution in [0.15, 0.2) is 0 Å². The van der Waals surface area contributed by atoms with Crippen LogP contribution in [0.4, 0.5) is 0 Å². The summed E-state index contributed by atoms with van der Waals surface area (Å²) in [4.78, 5) is 0. The number of aliphatic hydroxyl groups is 2. The number of nitrogens with two attached hydrogens (primary N) is 1. The lowest BCUT2D eigenvalue weighted by Crippen LogP contribution is -2.22. The number of hydrogen-bond donors (Lipinski definition) is 3. The van der Waals surface area contributed by atoms with E-state index >= 15 is 0 Å². The number of rotatable bonds is 7. The van der Waals surface area contributed by atoms with E-state index in [1.807, 2.05) is 0 Å². The van der Waals surface area contributed by atoms with Crippen molar-refractivity contribution in [3.05, 3.63) is 11.4 Å². The molecule has 0 aromatic carbocycles. The van der Waals surface area contributed by atoms with E-state index in [2.05, 4.69) is 10.3 Å². The average Bonchev–Trinajstić information content (AvgIpc) is 2.88. The Bertz CT molecular complexity index is 402. The van der Waals surface area contributed by atoms with Crippen molar-refractivity contribution in [2.45, 2.75) is 64.1 Å². The van der Waals surface area contributed by atoms with E-state index in [1.165, 1.54) is 32.1 Å². The minimum absolute atomic E-state index is 0.264. The standard InChI is InChI=1S/C14H26N4O2/c15-8-13-14(7-6-11-4-2-1-3-5-11)18(17-16-13)9-12(20)10-19/h11-12,19-20H,1-10,15H2. The van der Waals surface area contributed by atoms with E-state index in [-0.39, 0.29) is 13.2 Å². The second-order valence-corrected chi connectivity index (χ2v) is 5.75. The summed E-state index contributed by atoms with van der Waals surface area (Å²) < 4.78 is 1.70. The molecular weight excluding hydrogens is 256 g/mol. The second kappa shape index (κ2) is 7.71. The quantitative estimate of drug-likeness (QED) is 0.680. The average molecular weight is 282 g/mol. The third kappa shape index (κ3) is 4.01. The van der Waals surface area contributed by atoms with Gasteiger partial charge in [0.25, 0.3) is 0 Å². The molecule has 1 aliphatic rings. The minimum atomic E-state index is -0.796. The Balaban J connectivity index is 1.98. The van der Waals surface area contributed by atoms with Gasteiger partial charge < -0.3 is 15.9 Å². The molecule has 4 N–H and O–H groups in total. The minimum Gasteiger partial charge on any atom is -0.394 e. The van der Waals surface area contributed by atoms with Crippen LogP contribution >= 0.6 is 0 Å². The topological polar surface area (TPSA) is 97.2 Å². The van der Waals surface area contributed by atoms with Gasteiger partial charge in [0.05, 0.1) is 30.6 Å². The first-order chi connectivity index (χ1) is 9.74. The Hall–Kier alpha value is -0.980. The van der Waals surface area contributed by atoms with Crippen LogP contribution in [0.3, 0.4) is 0 Å². The van der Waals surface area contributed by atoms with Gasteiger partial charge in [-0.15, -0.1) is 5.10 Å². The van der Waals surface area contributed by atoms with E-state index in [1.54, 1.807) is 4.68 Å². The highest BCUT2D eigenvalue weighted by Gasteiger charge is 2.18. The number of aromatic nitrogens is 3. The van der Waals surface area contributed by atoms with Crippen LogP contribution in [0, 0.1) is 5.92 Å². The highest BCUT2D eigenvalue weighted by Crippen LogP contribution is 2.27. The van der Waals surface area contributed by atoms with Gasteiger partial charge in [-0.3, -0.25) is 0 Å². The Morgan fingerprint density at radius 3 is 2.70 bits per heavy atom. The zero-order valence-electron chi connectivity index (χ0n) is 12.0. The largest absolute Gasteiger partial charge is 0.394 e. The van der Waals surface area contributed by atoms with Crippen molar-refractivity contribution in [2.24, 2.45) is 11.7 Å². The third-order valence-electron chi connectivity index (χ3n) is 4.22. The maximum absolute atomic E-state index is 9.56. The summed E-state index contributed by atoms with van der Waals surface area (Å²) in [6.45, 7) is 0.388. The molecule has 20 heavy (non-hydrogen) atoms. The van der Waals surface area contributed by atoms with Crippen LogP contribution in [0.2, 0.25) is 0 Å². The molecule has 0 bridgehead atoms. The lowest BCUT2D eigenvalue weighted by atomic mass is 9.85. The van der Waals surface area contributed by atoms with Gasteiger partial charge in [0.2, 0.25) is 0 Å². The fourth-order valence-corrected chi connectivity index (χ4v) is 3.02. The molecule has 1 saturated carbocycles. The van der Waals surface area contributed by atoms with Gasteiger partial charge in [0.1, 0.15) is 0 Å². The zero-order chi connectivity index (χ0) is 14.4. The first-order valence-electron chi connectivity index (χ1n) is 7.64. The van der Waals surface area contributed by atoms with E-state index in [0.29, 0.717) is 6.54 Å². The summed E-state index contributed by atoms with van der Waals surface area (Å²) in [6.07, 6.45) is 7.93. The monoisotopic (exact) mass is 282 g/mol. The van der Waals surface area contributed by atoms with Crippen molar-refractivity contribution in [2.75, 3.05) is 6.61 Å². The summed E-state index contributed by atoms with van der Waals surface area (Å²) in [6, 6.07) is 0. The predicted octanol–water partition coefficient (Wildman–Crippen LogP) is 0.603. The summed E-state index contributed by atoms with van der Waals surface area (Å²) >= 11 is 0. The van der Waals surface area contributed by atoms with Crippen LogP contribution < -0.4 is 5.73 Å². The maximum Gasteiger partial charge on any atom is 0.0994 e. The number of hydrogen-bond acceptors (Lipinski definition) is 5. The molecule has 114 valence electrons. The molecule has 1 heterocycles. The predicted molar refractivity (Wildman–Crippen MR) is 75.9 cm³/mol. The van der Waals surface area contributed by atoms with Gasteiger partial charge in [-0.1, -0.05) is 37.3 Å². The molecule has 1 unspecified atom stereocenters. The molecule has 1 aliphatic carbocycles. The van der Waals surface area contributed by atoms with Gasteiger partial charge in [-0.25, -0.2) is 4.68 Å². The number of nitrogens with zero attached hydrogens (tertiary/aromatic N) is 3. The van der Waals surface area contributed by atoms with E-state index in [9.17, 15) is 5.11 Å². The Morgan fingerprint density at radius 1 is 1.30 bits per heavy atom. The van der Waals surface area contributed by atoms with Crippen LogP contribution in [-0.4, -0.2) is 37.9 Å². The van der Waals surface area contributed by atoms with Crippen LogP contribution in [0.1, 0.15) is 49.9 Å². The molecule has 1 fully saturated rings. The van der Waals surface area contributed by atoms with Crippen molar-refractivity contribution < 1.29 is 10.2 Å². The first-order valence-corrected chi connectivity index (χ1v) is 7.64. The van der Waals surface area contributed by atoms with Gasteiger partial charge in [0.15, 0.2) is 0 Å².